The molecule has 132 valence electrons. The number of benzene rings is 2. The third-order valence-corrected chi connectivity index (χ3v) is 5.61. The molecule has 6 heteroatoms. The normalized spacial score (nSPS) is 25.1. The Hall–Kier alpha value is -2.28. The highest BCUT2D eigenvalue weighted by Gasteiger charge is 2.44. The minimum absolute atomic E-state index is 0.00876. The summed E-state index contributed by atoms with van der Waals surface area (Å²) in [6.45, 7) is 1.12. The quantitative estimate of drug-likeness (QED) is 0.666. The van der Waals surface area contributed by atoms with Gasteiger partial charge in [-0.2, -0.15) is 0 Å². The third kappa shape index (κ3) is 2.45. The van der Waals surface area contributed by atoms with Crippen molar-refractivity contribution >= 4 is 29.0 Å². The number of para-hydroxylation sites is 2. The van der Waals surface area contributed by atoms with Crippen LogP contribution >= 0.6 is 12.2 Å². The molecule has 3 heterocycles. The molecule has 2 bridgehead atoms. The summed E-state index contributed by atoms with van der Waals surface area (Å²) in [4.78, 5) is 12.3. The number of carbonyl (C=O) groups is 1. The van der Waals surface area contributed by atoms with Gasteiger partial charge < -0.3 is 18.6 Å². The van der Waals surface area contributed by atoms with Crippen molar-refractivity contribution in [1.82, 2.24) is 9.13 Å². The van der Waals surface area contributed by atoms with Crippen molar-refractivity contribution in [2.24, 2.45) is 0 Å². The van der Waals surface area contributed by atoms with Gasteiger partial charge in [0.15, 0.2) is 10.6 Å². The van der Waals surface area contributed by atoms with Crippen LogP contribution < -0.4 is 0 Å². The number of ether oxygens (including phenoxy) is 2. The molecule has 0 aliphatic carbocycles. The highest BCUT2D eigenvalue weighted by Crippen LogP contribution is 2.36. The van der Waals surface area contributed by atoms with Crippen molar-refractivity contribution < 1.29 is 14.3 Å². The number of imidazole rings is 1. The Kier molecular flexibility index (Phi) is 3.77. The van der Waals surface area contributed by atoms with Crippen LogP contribution in [0.25, 0.3) is 11.0 Å². The van der Waals surface area contributed by atoms with Gasteiger partial charge >= 0.3 is 0 Å². The molecule has 0 radical (unpaired) electrons. The molecule has 2 aliphatic rings. The highest BCUT2D eigenvalue weighted by molar-refractivity contribution is 7.71. The molecule has 1 aromatic heterocycles. The molecular weight excluding hydrogens is 348 g/mol. The Morgan fingerprint density at radius 2 is 1.77 bits per heavy atom. The summed E-state index contributed by atoms with van der Waals surface area (Å²) in [6, 6.07) is 18.3. The minimum Gasteiger partial charge on any atom is -0.343 e. The van der Waals surface area contributed by atoms with Gasteiger partial charge in [0, 0.05) is 6.42 Å². The molecule has 0 saturated carbocycles. The van der Waals surface area contributed by atoms with Gasteiger partial charge in [-0.05, 0) is 29.9 Å². The van der Waals surface area contributed by atoms with Gasteiger partial charge in [0.05, 0.1) is 30.2 Å². The Balaban J connectivity index is 1.65. The molecule has 3 aromatic rings. The largest absolute Gasteiger partial charge is 0.343 e. The first kappa shape index (κ1) is 15.9. The number of hydrogen-bond donors (Lipinski definition) is 0. The number of rotatable bonds is 3. The summed E-state index contributed by atoms with van der Waals surface area (Å²) in [5, 5.41) is 0. The van der Waals surface area contributed by atoms with E-state index < -0.39 is 6.29 Å². The molecule has 2 fully saturated rings. The Bertz CT molecular complexity index is 1040. The molecule has 0 spiro atoms. The second kappa shape index (κ2) is 6.16. The zero-order valence-corrected chi connectivity index (χ0v) is 14.9. The maximum atomic E-state index is 12.3. The predicted octanol–water partition coefficient (Wildman–Crippen LogP) is 3.48. The fraction of sp³-hybridized carbons (Fsp3) is 0.300. The van der Waals surface area contributed by atoms with E-state index in [9.17, 15) is 4.79 Å². The van der Waals surface area contributed by atoms with Gasteiger partial charge in [0.2, 0.25) is 6.29 Å². The van der Waals surface area contributed by atoms with Crippen molar-refractivity contribution in [3.8, 4) is 0 Å². The van der Waals surface area contributed by atoms with Gasteiger partial charge in [-0.1, -0.05) is 42.5 Å². The molecule has 26 heavy (non-hydrogen) atoms. The molecular formula is C20H18N2O3S. The summed E-state index contributed by atoms with van der Waals surface area (Å²) in [6.07, 6.45) is -0.438. The molecule has 2 saturated heterocycles. The second-order valence-corrected chi connectivity index (χ2v) is 7.16. The van der Waals surface area contributed by atoms with E-state index in [2.05, 4.69) is 33.4 Å². The topological polar surface area (TPSA) is 45.4 Å². The van der Waals surface area contributed by atoms with Gasteiger partial charge in [-0.25, -0.2) is 0 Å². The highest BCUT2D eigenvalue weighted by atomic mass is 32.1. The SMILES string of the molecule is O=C1C[C@H](n2c(=S)n(Cc3ccccc3)c3ccccc32)[C@H]2CO[C@H]1O2. The van der Waals surface area contributed by atoms with E-state index in [1.54, 1.807) is 0 Å². The van der Waals surface area contributed by atoms with E-state index in [4.69, 9.17) is 21.7 Å². The summed E-state index contributed by atoms with van der Waals surface area (Å²) < 4.78 is 16.2. The van der Waals surface area contributed by atoms with Crippen molar-refractivity contribution in [2.75, 3.05) is 6.61 Å². The number of ketones is 1. The number of hydrogen-bond acceptors (Lipinski definition) is 4. The Labute approximate surface area is 155 Å². The second-order valence-electron chi connectivity index (χ2n) is 6.79. The fourth-order valence-corrected chi connectivity index (χ4v) is 4.35. The summed E-state index contributed by atoms with van der Waals surface area (Å²) >= 11 is 5.84. The molecule has 0 amide bonds. The predicted molar refractivity (Wildman–Crippen MR) is 99.6 cm³/mol. The fourth-order valence-electron chi connectivity index (χ4n) is 3.95. The van der Waals surface area contributed by atoms with Crippen LogP contribution in [0.2, 0.25) is 0 Å². The van der Waals surface area contributed by atoms with Crippen LogP contribution in [0.15, 0.2) is 54.6 Å². The van der Waals surface area contributed by atoms with E-state index in [-0.39, 0.29) is 17.9 Å². The van der Waals surface area contributed by atoms with Crippen LogP contribution in [0.5, 0.6) is 0 Å². The van der Waals surface area contributed by atoms with E-state index in [1.807, 2.05) is 30.3 Å². The average molecular weight is 366 g/mol. The van der Waals surface area contributed by atoms with Crippen molar-refractivity contribution in [2.45, 2.75) is 31.4 Å². The molecule has 5 nitrogen and oxygen atoms in total. The maximum Gasteiger partial charge on any atom is 0.218 e. The zero-order valence-electron chi connectivity index (χ0n) is 14.1. The van der Waals surface area contributed by atoms with E-state index in [1.165, 1.54) is 5.56 Å². The number of Topliss-reactive ketones (excluding diaryl/α,β-unsaturated/α-hetero) is 1. The van der Waals surface area contributed by atoms with Crippen molar-refractivity contribution in [3.05, 3.63) is 64.9 Å². The van der Waals surface area contributed by atoms with Gasteiger partial charge in [0.25, 0.3) is 0 Å². The van der Waals surface area contributed by atoms with Crippen molar-refractivity contribution in [3.63, 3.8) is 0 Å². The summed E-state index contributed by atoms with van der Waals surface area (Å²) in [5.41, 5.74) is 3.28. The first-order valence-electron chi connectivity index (χ1n) is 8.76. The van der Waals surface area contributed by atoms with Crippen LogP contribution in [-0.2, 0) is 20.8 Å². The average Bonchev–Trinajstić information content (AvgIpc) is 3.21. The van der Waals surface area contributed by atoms with Crippen LogP contribution in [0.1, 0.15) is 18.0 Å². The van der Waals surface area contributed by atoms with Crippen LogP contribution in [0.3, 0.4) is 0 Å². The lowest BCUT2D eigenvalue weighted by molar-refractivity contribution is -0.156. The number of fused-ring (bicyclic) bond motifs is 3. The van der Waals surface area contributed by atoms with Crippen LogP contribution in [0, 0.1) is 4.77 Å². The van der Waals surface area contributed by atoms with Gasteiger partial charge in [0.1, 0.15) is 6.10 Å². The zero-order chi connectivity index (χ0) is 17.7. The Morgan fingerprint density at radius 3 is 2.58 bits per heavy atom. The number of carbonyl (C=O) groups excluding carboxylic acids is 1. The molecule has 0 unspecified atom stereocenters. The van der Waals surface area contributed by atoms with Crippen LogP contribution in [-0.4, -0.2) is 33.9 Å². The summed E-state index contributed by atoms with van der Waals surface area (Å²) in [5.74, 6) is -0.00876. The van der Waals surface area contributed by atoms with Crippen LogP contribution in [0.4, 0.5) is 0 Å². The lowest BCUT2D eigenvalue weighted by Crippen LogP contribution is -2.37. The maximum absolute atomic E-state index is 12.3. The first-order valence-corrected chi connectivity index (χ1v) is 9.16. The lowest BCUT2D eigenvalue weighted by atomic mass is 10.0. The number of aromatic nitrogens is 2. The molecule has 2 aromatic carbocycles. The molecule has 2 aliphatic heterocycles. The molecule has 3 atom stereocenters. The summed E-state index contributed by atoms with van der Waals surface area (Å²) in [7, 11) is 0. The number of nitrogens with zero attached hydrogens (tertiary/aromatic N) is 2. The van der Waals surface area contributed by atoms with E-state index >= 15 is 0 Å². The minimum atomic E-state index is -0.692. The standard InChI is InChI=1S/C20H18N2O3S/c23-17-10-16(18-12-24-19(17)25-18)22-15-9-5-4-8-14(15)21(20(22)26)11-13-6-2-1-3-7-13/h1-9,16,18-19H,10-12H2/t16-,18+,19-/m0/s1. The monoisotopic (exact) mass is 366 g/mol. The van der Waals surface area contributed by atoms with E-state index in [0.29, 0.717) is 24.3 Å². The smallest absolute Gasteiger partial charge is 0.218 e. The molecule has 0 N–H and O–H groups in total. The third-order valence-electron chi connectivity index (χ3n) is 5.20. The van der Waals surface area contributed by atoms with Gasteiger partial charge in [-0.3, -0.25) is 4.79 Å². The lowest BCUT2D eigenvalue weighted by Gasteiger charge is -2.28. The Morgan fingerprint density at radius 1 is 1.04 bits per heavy atom. The first-order chi connectivity index (χ1) is 12.7. The van der Waals surface area contributed by atoms with E-state index in [0.717, 1.165) is 11.0 Å². The van der Waals surface area contributed by atoms with Gasteiger partial charge in [-0.15, -0.1) is 0 Å². The molecule has 5 rings (SSSR count). The van der Waals surface area contributed by atoms with Crippen molar-refractivity contribution in [1.29, 1.82) is 0 Å².